The maximum Gasteiger partial charge on any atom is 0.505 e. The van der Waals surface area contributed by atoms with Crippen molar-refractivity contribution in [3.05, 3.63) is 0 Å². The van der Waals surface area contributed by atoms with E-state index in [0.717, 1.165) is 7.11 Å². The van der Waals surface area contributed by atoms with Gasteiger partial charge in [0.15, 0.2) is 0 Å². The lowest BCUT2D eigenvalue weighted by molar-refractivity contribution is 0.114. The van der Waals surface area contributed by atoms with E-state index in [1.165, 1.54) is 0 Å². The number of carboxylic acid groups (broad SMARTS) is 1. The monoisotopic (exact) mass is 110 g/mol. The second-order valence-corrected chi connectivity index (χ2v) is 0.470. The lowest BCUT2D eigenvalue weighted by Gasteiger charge is -1.79. The molecule has 0 aromatic rings. The summed E-state index contributed by atoms with van der Waals surface area (Å²) in [6, 6.07) is 0. The zero-order valence-corrected chi connectivity index (χ0v) is 4.26. The minimum atomic E-state index is -1.25. The maximum absolute atomic E-state index is 9.15. The lowest BCUT2D eigenvalue weighted by atomic mass is 11.4. The third-order valence-corrected chi connectivity index (χ3v) is 0.175. The lowest BCUT2D eigenvalue weighted by Crippen LogP contribution is -1.91. The maximum atomic E-state index is 9.15. The molecule has 3 nitrogen and oxygen atoms in total. The molecule has 0 rings (SSSR count). The number of carbonyl (C=O) groups is 1. The van der Waals surface area contributed by atoms with Gasteiger partial charge in [-0.3, -0.25) is 0 Å². The Labute approximate surface area is 42.4 Å². The van der Waals surface area contributed by atoms with Crippen LogP contribution >= 0.6 is 13.5 Å². The van der Waals surface area contributed by atoms with Crippen molar-refractivity contribution in [1.29, 1.82) is 0 Å². The molecule has 4 heteroatoms. The molecule has 0 aliphatic rings. The fraction of sp³-hybridized carbons (Fsp3) is 0.500. The molecule has 0 atom stereocenters. The molecule has 0 amide bonds. The van der Waals surface area contributed by atoms with Crippen molar-refractivity contribution < 1.29 is 14.6 Å². The highest BCUT2D eigenvalue weighted by Crippen LogP contribution is 1.60. The van der Waals surface area contributed by atoms with Gasteiger partial charge in [-0.1, -0.05) is 0 Å². The summed E-state index contributed by atoms with van der Waals surface area (Å²) in [5, 5.41) is 7.50. The Kier molecular flexibility index (Phi) is 7.05. The largest absolute Gasteiger partial charge is 0.505 e. The van der Waals surface area contributed by atoms with Gasteiger partial charge < -0.3 is 9.84 Å². The quantitative estimate of drug-likeness (QED) is 0.460. The van der Waals surface area contributed by atoms with Crippen LogP contribution in [0.2, 0.25) is 0 Å². The first kappa shape index (κ1) is 9.15. The predicted octanol–water partition coefficient (Wildman–Crippen LogP) is 0.424. The Bertz CT molecular complexity index is 44.1. The third kappa shape index (κ3) is 9.47. The molecule has 0 saturated carbocycles. The molecule has 0 aliphatic heterocycles. The molecule has 0 unspecified atom stereocenters. The summed E-state index contributed by atoms with van der Waals surface area (Å²) < 4.78 is 3.67. The minimum absolute atomic E-state index is 0. The Morgan fingerprint density at radius 1 is 1.83 bits per heavy atom. The molecule has 0 aromatic heterocycles. The summed E-state index contributed by atoms with van der Waals surface area (Å²) in [5.41, 5.74) is 0. The summed E-state index contributed by atoms with van der Waals surface area (Å²) in [5.74, 6) is 0. The summed E-state index contributed by atoms with van der Waals surface area (Å²) >= 11 is 0. The second kappa shape index (κ2) is 4.62. The van der Waals surface area contributed by atoms with Gasteiger partial charge in [-0.05, 0) is 0 Å². The second-order valence-electron chi connectivity index (χ2n) is 0.470. The third-order valence-electron chi connectivity index (χ3n) is 0.175. The molecule has 0 radical (unpaired) electrons. The molecule has 0 heterocycles. The van der Waals surface area contributed by atoms with Crippen LogP contribution in [0.3, 0.4) is 0 Å². The van der Waals surface area contributed by atoms with Gasteiger partial charge >= 0.3 is 6.16 Å². The number of rotatable bonds is 0. The Morgan fingerprint density at radius 2 is 2.00 bits per heavy atom. The summed E-state index contributed by atoms with van der Waals surface area (Å²) in [6.07, 6.45) is -1.25. The van der Waals surface area contributed by atoms with Crippen LogP contribution in [0.4, 0.5) is 4.79 Å². The van der Waals surface area contributed by atoms with Crippen molar-refractivity contribution >= 4 is 19.7 Å². The number of hydrogen-bond acceptors (Lipinski definition) is 2. The van der Waals surface area contributed by atoms with E-state index >= 15 is 0 Å². The molecule has 0 saturated heterocycles. The SMILES string of the molecule is COC(=O)O.S. The van der Waals surface area contributed by atoms with E-state index in [9.17, 15) is 0 Å². The number of methoxy groups -OCH3 is 1. The van der Waals surface area contributed by atoms with Crippen molar-refractivity contribution in [3.8, 4) is 0 Å². The van der Waals surface area contributed by atoms with Crippen LogP contribution in [0.5, 0.6) is 0 Å². The highest BCUT2D eigenvalue weighted by molar-refractivity contribution is 7.59. The highest BCUT2D eigenvalue weighted by atomic mass is 32.1. The van der Waals surface area contributed by atoms with Crippen LogP contribution in [0.25, 0.3) is 0 Å². The van der Waals surface area contributed by atoms with Gasteiger partial charge in [0, 0.05) is 0 Å². The van der Waals surface area contributed by atoms with Crippen molar-refractivity contribution in [3.63, 3.8) is 0 Å². The zero-order valence-electron chi connectivity index (χ0n) is 3.26. The van der Waals surface area contributed by atoms with E-state index < -0.39 is 6.16 Å². The van der Waals surface area contributed by atoms with Gasteiger partial charge in [0.05, 0.1) is 7.11 Å². The van der Waals surface area contributed by atoms with Crippen molar-refractivity contribution in [2.45, 2.75) is 0 Å². The van der Waals surface area contributed by atoms with Crippen LogP contribution in [0.1, 0.15) is 0 Å². The fourth-order valence-electron chi connectivity index (χ4n) is 0. The first-order chi connectivity index (χ1) is 2.27. The molecule has 0 fully saturated rings. The molecule has 0 aliphatic carbocycles. The van der Waals surface area contributed by atoms with Crippen LogP contribution in [0.15, 0.2) is 0 Å². The normalized spacial score (nSPS) is 5.50. The van der Waals surface area contributed by atoms with Crippen molar-refractivity contribution in [2.24, 2.45) is 0 Å². The first-order valence-corrected chi connectivity index (χ1v) is 1.04. The average Bonchev–Trinajstić information content (AvgIpc) is 1.38. The summed E-state index contributed by atoms with van der Waals surface area (Å²) in [6.45, 7) is 0. The highest BCUT2D eigenvalue weighted by Gasteiger charge is 1.80. The smallest absolute Gasteiger partial charge is 0.450 e. The van der Waals surface area contributed by atoms with Crippen LogP contribution in [-0.4, -0.2) is 18.4 Å². The summed E-state index contributed by atoms with van der Waals surface area (Å²) in [7, 11) is 1.10. The van der Waals surface area contributed by atoms with Crippen molar-refractivity contribution in [2.75, 3.05) is 7.11 Å². The van der Waals surface area contributed by atoms with E-state index in [-0.39, 0.29) is 13.5 Å². The van der Waals surface area contributed by atoms with Gasteiger partial charge in [0.1, 0.15) is 0 Å². The summed E-state index contributed by atoms with van der Waals surface area (Å²) in [4.78, 5) is 9.15. The Morgan fingerprint density at radius 3 is 2.00 bits per heavy atom. The molecule has 1 N–H and O–H groups in total. The molecular weight excluding hydrogens is 104 g/mol. The molecule has 0 bridgehead atoms. The molecule has 0 spiro atoms. The fourth-order valence-corrected chi connectivity index (χ4v) is 0. The topological polar surface area (TPSA) is 46.5 Å². The Hall–Kier alpha value is -0.380. The first-order valence-electron chi connectivity index (χ1n) is 1.04. The van der Waals surface area contributed by atoms with Gasteiger partial charge in [0.25, 0.3) is 0 Å². The van der Waals surface area contributed by atoms with Gasteiger partial charge in [0.2, 0.25) is 0 Å². The minimum Gasteiger partial charge on any atom is -0.450 e. The van der Waals surface area contributed by atoms with E-state index in [2.05, 4.69) is 4.74 Å². The molecular formula is C2H6O3S. The van der Waals surface area contributed by atoms with Gasteiger partial charge in [-0.2, -0.15) is 13.5 Å². The molecule has 6 heavy (non-hydrogen) atoms. The van der Waals surface area contributed by atoms with Crippen molar-refractivity contribution in [1.82, 2.24) is 0 Å². The van der Waals surface area contributed by atoms with E-state index in [1.54, 1.807) is 0 Å². The Balaban J connectivity index is 0. The van der Waals surface area contributed by atoms with Crippen LogP contribution in [0, 0.1) is 0 Å². The van der Waals surface area contributed by atoms with E-state index in [0.29, 0.717) is 0 Å². The zero-order chi connectivity index (χ0) is 4.28. The number of ether oxygens (including phenoxy) is 1. The molecule has 0 aromatic carbocycles. The van der Waals surface area contributed by atoms with E-state index in [1.807, 2.05) is 0 Å². The standard InChI is InChI=1S/C2H4O3.H2S/c1-5-2(3)4;/h1H3,(H,3,4);1H2. The van der Waals surface area contributed by atoms with E-state index in [4.69, 9.17) is 9.90 Å². The van der Waals surface area contributed by atoms with Crippen LogP contribution < -0.4 is 0 Å². The average molecular weight is 110 g/mol. The van der Waals surface area contributed by atoms with Crippen LogP contribution in [-0.2, 0) is 4.74 Å². The van der Waals surface area contributed by atoms with Gasteiger partial charge in [-0.15, -0.1) is 0 Å². The number of hydrogen-bond donors (Lipinski definition) is 1. The van der Waals surface area contributed by atoms with Gasteiger partial charge in [-0.25, -0.2) is 4.79 Å². The molecule has 38 valence electrons. The predicted molar refractivity (Wildman–Crippen MR) is 25.4 cm³/mol.